The van der Waals surface area contributed by atoms with Crippen LogP contribution < -0.4 is 5.48 Å². The zero-order valence-corrected chi connectivity index (χ0v) is 16.8. The summed E-state index contributed by atoms with van der Waals surface area (Å²) in [5, 5.41) is 0. The van der Waals surface area contributed by atoms with E-state index in [-0.39, 0.29) is 6.61 Å². The molecular weight excluding hydrogens is 356 g/mol. The summed E-state index contributed by atoms with van der Waals surface area (Å²) in [4.78, 5) is 31.9. The standard InChI is InChI=1S/C22H28N2O4/c1-22(2,3)28-21(26)24(4)19(15-17-11-7-5-8-12-17)20(25)23-27-16-18-13-9-6-10-14-18/h5-14,19H,15-16H2,1-4H3,(H,23,25)/t19-/m0/s1. The molecule has 0 aromatic heterocycles. The lowest BCUT2D eigenvalue weighted by Crippen LogP contribution is -2.50. The van der Waals surface area contributed by atoms with Gasteiger partial charge in [0.25, 0.3) is 5.91 Å². The van der Waals surface area contributed by atoms with Gasteiger partial charge in [0.1, 0.15) is 11.6 Å². The molecule has 150 valence electrons. The number of likely N-dealkylation sites (N-methyl/N-ethyl adjacent to an activating group) is 1. The van der Waals surface area contributed by atoms with Gasteiger partial charge < -0.3 is 4.74 Å². The van der Waals surface area contributed by atoms with Crippen LogP contribution in [0.2, 0.25) is 0 Å². The SMILES string of the molecule is CN(C(=O)OC(C)(C)C)[C@@H](Cc1ccccc1)C(=O)NOCc1ccccc1. The first-order chi connectivity index (χ1) is 13.3. The number of hydroxylamine groups is 1. The van der Waals surface area contributed by atoms with Crippen LogP contribution >= 0.6 is 0 Å². The molecule has 28 heavy (non-hydrogen) atoms. The van der Waals surface area contributed by atoms with E-state index in [0.717, 1.165) is 11.1 Å². The first kappa shape index (κ1) is 21.4. The van der Waals surface area contributed by atoms with Crippen molar-refractivity contribution in [2.24, 2.45) is 0 Å². The van der Waals surface area contributed by atoms with Crippen LogP contribution in [-0.4, -0.2) is 35.6 Å². The van der Waals surface area contributed by atoms with Crippen LogP contribution in [0.25, 0.3) is 0 Å². The van der Waals surface area contributed by atoms with Crippen molar-refractivity contribution in [3.05, 3.63) is 71.8 Å². The number of benzene rings is 2. The number of nitrogens with zero attached hydrogens (tertiary/aromatic N) is 1. The lowest BCUT2D eigenvalue weighted by atomic mass is 10.0. The summed E-state index contributed by atoms with van der Waals surface area (Å²) >= 11 is 0. The molecule has 6 nitrogen and oxygen atoms in total. The number of rotatable bonds is 7. The molecule has 2 aromatic carbocycles. The number of ether oxygens (including phenoxy) is 1. The molecule has 1 atom stereocenters. The molecule has 0 bridgehead atoms. The molecule has 0 heterocycles. The van der Waals surface area contributed by atoms with Gasteiger partial charge in [-0.15, -0.1) is 0 Å². The molecule has 6 heteroatoms. The van der Waals surface area contributed by atoms with Gasteiger partial charge in [-0.3, -0.25) is 14.5 Å². The average molecular weight is 384 g/mol. The van der Waals surface area contributed by atoms with Crippen LogP contribution in [0, 0.1) is 0 Å². The Morgan fingerprint density at radius 2 is 1.50 bits per heavy atom. The van der Waals surface area contributed by atoms with Gasteiger partial charge in [0.2, 0.25) is 0 Å². The van der Waals surface area contributed by atoms with Gasteiger partial charge in [0.15, 0.2) is 0 Å². The van der Waals surface area contributed by atoms with E-state index in [9.17, 15) is 9.59 Å². The first-order valence-corrected chi connectivity index (χ1v) is 9.21. The van der Waals surface area contributed by atoms with Crippen molar-refractivity contribution in [3.8, 4) is 0 Å². The van der Waals surface area contributed by atoms with E-state index >= 15 is 0 Å². The summed E-state index contributed by atoms with van der Waals surface area (Å²) in [6, 6.07) is 18.3. The van der Waals surface area contributed by atoms with Crippen LogP contribution in [0.5, 0.6) is 0 Å². The fourth-order valence-corrected chi connectivity index (χ4v) is 2.54. The number of amides is 2. The monoisotopic (exact) mass is 384 g/mol. The summed E-state index contributed by atoms with van der Waals surface area (Å²) in [6.45, 7) is 5.59. The Bertz CT molecular complexity index is 757. The number of carbonyl (C=O) groups is 2. The minimum absolute atomic E-state index is 0.237. The highest BCUT2D eigenvalue weighted by Gasteiger charge is 2.30. The van der Waals surface area contributed by atoms with E-state index in [1.807, 2.05) is 60.7 Å². The zero-order chi connectivity index (χ0) is 20.6. The van der Waals surface area contributed by atoms with E-state index in [2.05, 4.69) is 5.48 Å². The van der Waals surface area contributed by atoms with Gasteiger partial charge in [-0.05, 0) is 31.9 Å². The molecular formula is C22H28N2O4. The van der Waals surface area contributed by atoms with Gasteiger partial charge in [-0.25, -0.2) is 10.3 Å². The third kappa shape index (κ3) is 7.04. The molecule has 2 amide bonds. The van der Waals surface area contributed by atoms with Crippen LogP contribution in [0.4, 0.5) is 4.79 Å². The molecule has 1 N–H and O–H groups in total. The Balaban J connectivity index is 2.05. The summed E-state index contributed by atoms with van der Waals surface area (Å²) in [7, 11) is 1.55. The van der Waals surface area contributed by atoms with Crippen molar-refractivity contribution < 1.29 is 19.2 Å². The highest BCUT2D eigenvalue weighted by Crippen LogP contribution is 2.14. The maximum Gasteiger partial charge on any atom is 0.410 e. The fraction of sp³-hybridized carbons (Fsp3) is 0.364. The Labute approximate surface area is 166 Å². The van der Waals surface area contributed by atoms with Crippen LogP contribution in [0.3, 0.4) is 0 Å². The average Bonchev–Trinajstić information content (AvgIpc) is 2.66. The van der Waals surface area contributed by atoms with Gasteiger partial charge in [0, 0.05) is 13.5 Å². The minimum atomic E-state index is -0.770. The second kappa shape index (κ2) is 9.90. The van der Waals surface area contributed by atoms with Gasteiger partial charge in [-0.2, -0.15) is 0 Å². The van der Waals surface area contributed by atoms with Gasteiger partial charge in [0.05, 0.1) is 6.61 Å². The first-order valence-electron chi connectivity index (χ1n) is 9.21. The number of nitrogens with one attached hydrogen (secondary N) is 1. The maximum atomic E-state index is 12.8. The number of hydrogen-bond donors (Lipinski definition) is 1. The van der Waals surface area contributed by atoms with E-state index in [0.29, 0.717) is 6.42 Å². The molecule has 2 rings (SSSR count). The molecule has 0 aliphatic carbocycles. The summed E-state index contributed by atoms with van der Waals surface area (Å²) in [5.41, 5.74) is 3.68. The van der Waals surface area contributed by atoms with E-state index in [1.165, 1.54) is 4.90 Å². The highest BCUT2D eigenvalue weighted by atomic mass is 16.7. The lowest BCUT2D eigenvalue weighted by Gasteiger charge is -2.30. The topological polar surface area (TPSA) is 67.9 Å². The predicted molar refractivity (Wildman–Crippen MR) is 107 cm³/mol. The lowest BCUT2D eigenvalue weighted by molar-refractivity contribution is -0.139. The van der Waals surface area contributed by atoms with Crippen molar-refractivity contribution in [2.75, 3.05) is 7.05 Å². The van der Waals surface area contributed by atoms with Crippen LogP contribution in [0.15, 0.2) is 60.7 Å². The molecule has 0 spiro atoms. The van der Waals surface area contributed by atoms with Gasteiger partial charge in [-0.1, -0.05) is 60.7 Å². The summed E-state index contributed by atoms with van der Waals surface area (Å²) < 4.78 is 5.41. The number of hydrogen-bond acceptors (Lipinski definition) is 4. The molecule has 0 saturated heterocycles. The molecule has 0 saturated carbocycles. The number of carbonyl (C=O) groups excluding carboxylic acids is 2. The van der Waals surface area contributed by atoms with Crippen molar-refractivity contribution in [1.82, 2.24) is 10.4 Å². The molecule has 0 aliphatic heterocycles. The summed E-state index contributed by atoms with van der Waals surface area (Å²) in [6.07, 6.45) is -0.219. The molecule has 2 aromatic rings. The van der Waals surface area contributed by atoms with Crippen molar-refractivity contribution in [3.63, 3.8) is 0 Å². The van der Waals surface area contributed by atoms with E-state index in [4.69, 9.17) is 9.57 Å². The second-order valence-electron chi connectivity index (χ2n) is 7.54. The highest BCUT2D eigenvalue weighted by molar-refractivity contribution is 5.85. The van der Waals surface area contributed by atoms with Gasteiger partial charge >= 0.3 is 6.09 Å². The Kier molecular flexibility index (Phi) is 7.58. The third-order valence-corrected chi connectivity index (χ3v) is 3.98. The maximum absolute atomic E-state index is 12.8. The Morgan fingerprint density at radius 1 is 0.964 bits per heavy atom. The predicted octanol–water partition coefficient (Wildman–Crippen LogP) is 3.71. The van der Waals surface area contributed by atoms with Crippen LogP contribution in [0.1, 0.15) is 31.9 Å². The normalized spacial score (nSPS) is 12.1. The Hall–Kier alpha value is -2.86. The fourth-order valence-electron chi connectivity index (χ4n) is 2.54. The van der Waals surface area contributed by atoms with E-state index < -0.39 is 23.6 Å². The zero-order valence-electron chi connectivity index (χ0n) is 16.8. The summed E-state index contributed by atoms with van der Waals surface area (Å²) in [5.74, 6) is -0.409. The van der Waals surface area contributed by atoms with Crippen molar-refractivity contribution in [1.29, 1.82) is 0 Å². The van der Waals surface area contributed by atoms with E-state index in [1.54, 1.807) is 27.8 Å². The third-order valence-electron chi connectivity index (χ3n) is 3.98. The minimum Gasteiger partial charge on any atom is -0.444 e. The molecule has 0 unspecified atom stereocenters. The molecule has 0 aliphatic rings. The van der Waals surface area contributed by atoms with Crippen molar-refractivity contribution in [2.45, 2.75) is 45.4 Å². The smallest absolute Gasteiger partial charge is 0.410 e. The second-order valence-corrected chi connectivity index (χ2v) is 7.54. The molecule has 0 fully saturated rings. The quantitative estimate of drug-likeness (QED) is 0.739. The largest absolute Gasteiger partial charge is 0.444 e. The Morgan fingerprint density at radius 3 is 2.04 bits per heavy atom. The molecule has 0 radical (unpaired) electrons. The van der Waals surface area contributed by atoms with Crippen LogP contribution in [-0.2, 0) is 27.4 Å². The van der Waals surface area contributed by atoms with Crippen molar-refractivity contribution >= 4 is 12.0 Å².